The molecule has 2 aliphatic heterocycles. The van der Waals surface area contributed by atoms with E-state index in [0.717, 1.165) is 31.2 Å². The normalized spacial score (nSPS) is 25.7. The van der Waals surface area contributed by atoms with Crippen molar-refractivity contribution in [1.82, 2.24) is 15.5 Å². The number of ether oxygens (including phenoxy) is 1. The van der Waals surface area contributed by atoms with E-state index in [2.05, 4.69) is 22.0 Å². The molecule has 5 rings (SSSR count). The summed E-state index contributed by atoms with van der Waals surface area (Å²) in [5, 5.41) is 18.4. The fourth-order valence-corrected chi connectivity index (χ4v) is 5.62. The van der Waals surface area contributed by atoms with Crippen molar-refractivity contribution in [3.05, 3.63) is 29.8 Å². The molecule has 202 valence electrons. The van der Waals surface area contributed by atoms with E-state index in [9.17, 15) is 24.4 Å². The predicted octanol–water partition coefficient (Wildman–Crippen LogP) is 2.59. The first-order chi connectivity index (χ1) is 18.0. The van der Waals surface area contributed by atoms with E-state index in [1.165, 1.54) is 4.90 Å². The molecule has 3 N–H and O–H groups in total. The van der Waals surface area contributed by atoms with Crippen molar-refractivity contribution in [2.24, 2.45) is 11.8 Å². The van der Waals surface area contributed by atoms with Gasteiger partial charge in [0.2, 0.25) is 17.7 Å². The van der Waals surface area contributed by atoms with Crippen LogP contribution in [0.2, 0.25) is 0 Å². The van der Waals surface area contributed by atoms with Crippen LogP contribution in [0.1, 0.15) is 64.9 Å². The quantitative estimate of drug-likeness (QED) is 0.504. The van der Waals surface area contributed by atoms with E-state index in [-0.39, 0.29) is 30.7 Å². The number of nitrogens with one attached hydrogen (secondary N) is 3. The summed E-state index contributed by atoms with van der Waals surface area (Å²) in [7, 11) is 0. The number of amides is 4. The van der Waals surface area contributed by atoms with Crippen molar-refractivity contribution in [1.29, 1.82) is 5.26 Å². The molecule has 0 radical (unpaired) electrons. The molecular formula is C28H35N5O5. The second kappa shape index (κ2) is 9.61. The fraction of sp³-hybridized carbons (Fsp3) is 0.607. The average Bonchev–Trinajstić information content (AvgIpc) is 3.79. The molecule has 2 heterocycles. The third-order valence-corrected chi connectivity index (χ3v) is 7.84. The minimum absolute atomic E-state index is 0.0141. The van der Waals surface area contributed by atoms with Crippen molar-refractivity contribution in [3.8, 4) is 6.07 Å². The van der Waals surface area contributed by atoms with Gasteiger partial charge in [-0.15, -0.1) is 0 Å². The molecule has 10 nitrogen and oxygen atoms in total. The number of anilines is 1. The monoisotopic (exact) mass is 521 g/mol. The minimum atomic E-state index is -0.990. The van der Waals surface area contributed by atoms with Gasteiger partial charge in [-0.25, -0.2) is 4.79 Å². The molecule has 1 aromatic rings. The summed E-state index contributed by atoms with van der Waals surface area (Å²) in [6.45, 7) is 5.33. The second-order valence-electron chi connectivity index (χ2n) is 12.1. The van der Waals surface area contributed by atoms with Gasteiger partial charge in [0, 0.05) is 18.7 Å². The lowest BCUT2D eigenvalue weighted by Gasteiger charge is -2.29. The minimum Gasteiger partial charge on any atom is -0.444 e. The second-order valence-corrected chi connectivity index (χ2v) is 12.1. The van der Waals surface area contributed by atoms with Crippen LogP contribution in [0.5, 0.6) is 0 Å². The topological polar surface area (TPSA) is 141 Å². The summed E-state index contributed by atoms with van der Waals surface area (Å²) in [5.41, 5.74) is -0.205. The van der Waals surface area contributed by atoms with Gasteiger partial charge in [-0.2, -0.15) is 5.26 Å². The smallest absolute Gasteiger partial charge is 0.408 e. The number of carbonyl (C=O) groups is 4. The van der Waals surface area contributed by atoms with Crippen molar-refractivity contribution < 1.29 is 23.9 Å². The number of para-hydroxylation sites is 1. The number of likely N-dealkylation sites (tertiary alicyclic amines) is 1. The molecule has 1 unspecified atom stereocenters. The third-order valence-electron chi connectivity index (χ3n) is 7.84. The largest absolute Gasteiger partial charge is 0.444 e. The predicted molar refractivity (Wildman–Crippen MR) is 138 cm³/mol. The number of rotatable bonds is 7. The Balaban J connectivity index is 1.34. The van der Waals surface area contributed by atoms with Crippen LogP contribution in [0, 0.1) is 23.2 Å². The number of benzene rings is 1. The maximum absolute atomic E-state index is 13.9. The Bertz CT molecular complexity index is 1190. The van der Waals surface area contributed by atoms with Crippen LogP contribution in [-0.4, -0.2) is 59.0 Å². The van der Waals surface area contributed by atoms with Crippen LogP contribution in [0.15, 0.2) is 24.3 Å². The Labute approximate surface area is 222 Å². The van der Waals surface area contributed by atoms with Gasteiger partial charge >= 0.3 is 6.09 Å². The highest BCUT2D eigenvalue weighted by molar-refractivity contribution is 6.07. The van der Waals surface area contributed by atoms with Gasteiger partial charge in [-0.1, -0.05) is 31.0 Å². The number of fused-ring (bicyclic) bond motifs is 2. The first-order valence-corrected chi connectivity index (χ1v) is 13.4. The number of nitriles is 1. The van der Waals surface area contributed by atoms with Crippen molar-refractivity contribution in [2.75, 3.05) is 11.9 Å². The summed E-state index contributed by atoms with van der Waals surface area (Å²) < 4.78 is 5.35. The Morgan fingerprint density at radius 3 is 2.53 bits per heavy atom. The molecule has 1 saturated heterocycles. The van der Waals surface area contributed by atoms with E-state index in [4.69, 9.17) is 4.74 Å². The average molecular weight is 522 g/mol. The molecule has 10 heteroatoms. The number of nitrogens with zero attached hydrogens (tertiary/aromatic N) is 2. The zero-order valence-corrected chi connectivity index (χ0v) is 22.1. The van der Waals surface area contributed by atoms with Crippen LogP contribution >= 0.6 is 0 Å². The van der Waals surface area contributed by atoms with Gasteiger partial charge in [-0.3, -0.25) is 14.4 Å². The number of alkyl carbamates (subject to hydrolysis) is 1. The molecule has 4 aliphatic rings. The fourth-order valence-electron chi connectivity index (χ4n) is 5.62. The highest BCUT2D eigenvalue weighted by atomic mass is 16.6. The first kappa shape index (κ1) is 26.0. The molecule has 3 fully saturated rings. The molecule has 4 atom stereocenters. The van der Waals surface area contributed by atoms with Crippen LogP contribution < -0.4 is 16.0 Å². The molecule has 0 bridgehead atoms. The summed E-state index contributed by atoms with van der Waals surface area (Å²) in [6.07, 6.45) is 3.54. The van der Waals surface area contributed by atoms with Gasteiger partial charge in [-0.05, 0) is 63.5 Å². The lowest BCUT2D eigenvalue weighted by molar-refractivity contribution is -0.137. The van der Waals surface area contributed by atoms with Crippen molar-refractivity contribution in [2.45, 2.75) is 88.4 Å². The zero-order chi connectivity index (χ0) is 27.2. The van der Waals surface area contributed by atoms with Gasteiger partial charge < -0.3 is 25.6 Å². The molecule has 4 amide bonds. The van der Waals surface area contributed by atoms with Gasteiger partial charge in [0.25, 0.3) is 0 Å². The maximum Gasteiger partial charge on any atom is 0.408 e. The van der Waals surface area contributed by atoms with Crippen LogP contribution in [-0.2, 0) is 24.5 Å². The first-order valence-electron chi connectivity index (χ1n) is 13.4. The van der Waals surface area contributed by atoms with E-state index in [1.54, 1.807) is 20.8 Å². The van der Waals surface area contributed by atoms with E-state index in [0.29, 0.717) is 18.0 Å². The van der Waals surface area contributed by atoms with Gasteiger partial charge in [0.15, 0.2) is 0 Å². The summed E-state index contributed by atoms with van der Waals surface area (Å²) in [4.78, 5) is 54.3. The molecule has 1 spiro atoms. The molecular weight excluding hydrogens is 486 g/mol. The number of hydrogen-bond donors (Lipinski definition) is 3. The summed E-state index contributed by atoms with van der Waals surface area (Å²) >= 11 is 0. The van der Waals surface area contributed by atoms with Crippen LogP contribution in [0.25, 0.3) is 0 Å². The molecule has 38 heavy (non-hydrogen) atoms. The Morgan fingerprint density at radius 1 is 1.18 bits per heavy atom. The van der Waals surface area contributed by atoms with Gasteiger partial charge in [0.05, 0.1) is 11.5 Å². The summed E-state index contributed by atoms with van der Waals surface area (Å²) in [5.74, 6) is -0.705. The lowest BCUT2D eigenvalue weighted by Crippen LogP contribution is -2.56. The molecule has 0 aromatic heterocycles. The standard InChI is InChI=1S/C28H35N5O5/c1-27(2,3)38-26(37)32-22(17-10-11-17)23(34)30-21(12-16-8-9-16)24(35)33-15-28(13-18(33)14-29)19-6-4-5-7-20(19)31-25(28)36/h4-7,16-18,21-22H,8-13,15H2,1-3H3,(H,30,34)(H,31,36)(H,32,37)/t18?,21-,22-,28-/m0/s1. The van der Waals surface area contributed by atoms with E-state index in [1.807, 2.05) is 24.3 Å². The number of carbonyl (C=O) groups excluding carboxylic acids is 4. The highest BCUT2D eigenvalue weighted by Gasteiger charge is 2.56. The molecule has 2 saturated carbocycles. The number of hydrogen-bond acceptors (Lipinski definition) is 6. The van der Waals surface area contributed by atoms with E-state index < -0.39 is 41.1 Å². The summed E-state index contributed by atoms with van der Waals surface area (Å²) in [6, 6.07) is 7.13. The molecule has 1 aromatic carbocycles. The maximum atomic E-state index is 13.9. The zero-order valence-electron chi connectivity index (χ0n) is 22.1. The lowest BCUT2D eigenvalue weighted by atomic mass is 9.80. The van der Waals surface area contributed by atoms with Crippen LogP contribution in [0.3, 0.4) is 0 Å². The molecule has 2 aliphatic carbocycles. The Hall–Kier alpha value is -3.61. The Kier molecular flexibility index (Phi) is 6.58. The van der Waals surface area contributed by atoms with Crippen LogP contribution in [0.4, 0.5) is 10.5 Å². The van der Waals surface area contributed by atoms with Crippen molar-refractivity contribution >= 4 is 29.5 Å². The van der Waals surface area contributed by atoms with Gasteiger partial charge in [0.1, 0.15) is 23.7 Å². The third kappa shape index (κ3) is 5.19. The van der Waals surface area contributed by atoms with Crippen molar-refractivity contribution in [3.63, 3.8) is 0 Å². The Morgan fingerprint density at radius 2 is 1.89 bits per heavy atom. The SMILES string of the molecule is CC(C)(C)OC(=O)N[C@H](C(=O)N[C@@H](CC1CC1)C(=O)N1C[C@]2(CC1C#N)C(=O)Nc1ccccc12)C1CC1. The van der Waals surface area contributed by atoms with E-state index >= 15 is 0 Å². The highest BCUT2D eigenvalue weighted by Crippen LogP contribution is 2.46.